The van der Waals surface area contributed by atoms with Gasteiger partial charge in [0.1, 0.15) is 0 Å². The van der Waals surface area contributed by atoms with Crippen LogP contribution in [0, 0.1) is 5.92 Å². The van der Waals surface area contributed by atoms with Crippen LogP contribution < -0.4 is 10.2 Å². The molecule has 1 fully saturated rings. The molecule has 0 saturated carbocycles. The largest absolute Gasteiger partial charge is 0.355 e. The molecule has 2 aliphatic rings. The van der Waals surface area contributed by atoms with E-state index < -0.39 is 0 Å². The summed E-state index contributed by atoms with van der Waals surface area (Å²) in [6.45, 7) is 2.59. The summed E-state index contributed by atoms with van der Waals surface area (Å²) in [7, 11) is 2.02. The molecule has 1 aliphatic heterocycles. The van der Waals surface area contributed by atoms with Gasteiger partial charge in [0.15, 0.2) is 5.82 Å². The second-order valence-electron chi connectivity index (χ2n) is 8.06. The zero-order valence-electron chi connectivity index (χ0n) is 16.2. The average Bonchev–Trinajstić information content (AvgIpc) is 3.25. The van der Waals surface area contributed by atoms with Gasteiger partial charge in [0.2, 0.25) is 5.91 Å². The molecule has 6 nitrogen and oxygen atoms in total. The second-order valence-corrected chi connectivity index (χ2v) is 8.06. The highest BCUT2D eigenvalue weighted by molar-refractivity contribution is 5.89. The third-order valence-electron chi connectivity index (χ3n) is 6.01. The van der Waals surface area contributed by atoms with Gasteiger partial charge in [-0.15, -0.1) is 5.10 Å². The van der Waals surface area contributed by atoms with Crippen LogP contribution in [0.3, 0.4) is 0 Å². The Morgan fingerprint density at radius 3 is 2.96 bits per heavy atom. The SMILES string of the molecule is Cn1cc(CC(=O)NCC2CN(c3cc4c(nn3)CCC4)C2)c2ccccc21. The molecule has 1 N–H and O–H groups in total. The van der Waals surface area contributed by atoms with Crippen molar-refractivity contribution in [1.82, 2.24) is 20.1 Å². The van der Waals surface area contributed by atoms with E-state index in [4.69, 9.17) is 0 Å². The van der Waals surface area contributed by atoms with Crippen LogP contribution in [0.5, 0.6) is 0 Å². The first-order valence-corrected chi connectivity index (χ1v) is 10.1. The van der Waals surface area contributed by atoms with E-state index in [2.05, 4.69) is 49.4 Å². The topological polar surface area (TPSA) is 63.1 Å². The predicted molar refractivity (Wildman–Crippen MR) is 109 cm³/mol. The summed E-state index contributed by atoms with van der Waals surface area (Å²) >= 11 is 0. The molecule has 2 aromatic heterocycles. The highest BCUT2D eigenvalue weighted by Gasteiger charge is 2.29. The number of benzene rings is 1. The Labute approximate surface area is 164 Å². The Kier molecular flexibility index (Phi) is 4.26. The van der Waals surface area contributed by atoms with Crippen molar-refractivity contribution in [2.75, 3.05) is 24.5 Å². The van der Waals surface area contributed by atoms with E-state index in [-0.39, 0.29) is 5.91 Å². The van der Waals surface area contributed by atoms with Crippen molar-refractivity contribution in [3.8, 4) is 0 Å². The van der Waals surface area contributed by atoms with Gasteiger partial charge in [-0.1, -0.05) is 18.2 Å². The summed E-state index contributed by atoms with van der Waals surface area (Å²) in [6, 6.07) is 10.4. The molecule has 5 rings (SSSR count). The molecule has 28 heavy (non-hydrogen) atoms. The van der Waals surface area contributed by atoms with Crippen LogP contribution in [0.25, 0.3) is 10.9 Å². The summed E-state index contributed by atoms with van der Waals surface area (Å²) in [5, 5.41) is 13.0. The lowest BCUT2D eigenvalue weighted by molar-refractivity contribution is -0.120. The van der Waals surface area contributed by atoms with Crippen LogP contribution in [0.1, 0.15) is 23.2 Å². The Hall–Kier alpha value is -2.89. The van der Waals surface area contributed by atoms with Crippen molar-refractivity contribution in [2.24, 2.45) is 13.0 Å². The van der Waals surface area contributed by atoms with E-state index in [1.165, 1.54) is 17.7 Å². The van der Waals surface area contributed by atoms with Crippen LogP contribution in [0.2, 0.25) is 0 Å². The highest BCUT2D eigenvalue weighted by Crippen LogP contribution is 2.27. The standard InChI is InChI=1S/C22H25N5O/c1-26-14-17(18-6-2-3-8-20(18)26)10-22(28)23-11-15-12-27(13-15)21-9-16-5-4-7-19(16)24-25-21/h2-3,6,8-9,14-15H,4-5,7,10-13H2,1H3,(H,23,28). The van der Waals surface area contributed by atoms with Crippen molar-refractivity contribution in [2.45, 2.75) is 25.7 Å². The number of hydrogen-bond acceptors (Lipinski definition) is 4. The molecule has 1 aliphatic carbocycles. The van der Waals surface area contributed by atoms with Gasteiger partial charge in [-0.3, -0.25) is 4.79 Å². The monoisotopic (exact) mass is 375 g/mol. The molecule has 144 valence electrons. The molecule has 0 bridgehead atoms. The van der Waals surface area contributed by atoms with Crippen molar-refractivity contribution < 1.29 is 4.79 Å². The fourth-order valence-corrected chi connectivity index (χ4v) is 4.42. The molecule has 0 radical (unpaired) electrons. The van der Waals surface area contributed by atoms with Gasteiger partial charge < -0.3 is 14.8 Å². The number of aromatic nitrogens is 3. The van der Waals surface area contributed by atoms with Gasteiger partial charge in [-0.05, 0) is 42.5 Å². The summed E-state index contributed by atoms with van der Waals surface area (Å²) in [6.07, 6.45) is 5.86. The van der Waals surface area contributed by atoms with Crippen LogP contribution in [0.15, 0.2) is 36.5 Å². The maximum Gasteiger partial charge on any atom is 0.224 e. The Morgan fingerprint density at radius 1 is 1.21 bits per heavy atom. The minimum absolute atomic E-state index is 0.0899. The number of carbonyl (C=O) groups excluding carboxylic acids is 1. The first-order valence-electron chi connectivity index (χ1n) is 10.1. The first kappa shape index (κ1) is 17.2. The van der Waals surface area contributed by atoms with Gasteiger partial charge in [0, 0.05) is 49.7 Å². The van der Waals surface area contributed by atoms with Gasteiger partial charge in [0.05, 0.1) is 12.1 Å². The Balaban J connectivity index is 1.13. The third-order valence-corrected chi connectivity index (χ3v) is 6.01. The summed E-state index contributed by atoms with van der Waals surface area (Å²) in [5.74, 6) is 1.55. The van der Waals surface area contributed by atoms with Crippen molar-refractivity contribution in [1.29, 1.82) is 0 Å². The lowest BCUT2D eigenvalue weighted by Crippen LogP contribution is -2.52. The maximum absolute atomic E-state index is 12.4. The molecule has 1 amide bonds. The van der Waals surface area contributed by atoms with Gasteiger partial charge in [-0.2, -0.15) is 5.10 Å². The fraction of sp³-hybridized carbons (Fsp3) is 0.409. The van der Waals surface area contributed by atoms with E-state index in [9.17, 15) is 4.79 Å². The molecule has 1 aromatic carbocycles. The lowest BCUT2D eigenvalue weighted by Gasteiger charge is -2.40. The lowest BCUT2D eigenvalue weighted by atomic mass is 10.00. The number of anilines is 1. The van der Waals surface area contributed by atoms with Crippen molar-refractivity contribution >= 4 is 22.6 Å². The van der Waals surface area contributed by atoms with E-state index in [1.54, 1.807) is 0 Å². The number of rotatable bonds is 5. The molecule has 0 atom stereocenters. The zero-order valence-corrected chi connectivity index (χ0v) is 16.2. The number of amides is 1. The molecule has 1 saturated heterocycles. The minimum Gasteiger partial charge on any atom is -0.355 e. The molecular weight excluding hydrogens is 350 g/mol. The predicted octanol–water partition coefficient (Wildman–Crippen LogP) is 2.25. The first-order chi connectivity index (χ1) is 13.7. The summed E-state index contributed by atoms with van der Waals surface area (Å²) in [4.78, 5) is 14.7. The highest BCUT2D eigenvalue weighted by atomic mass is 16.1. The second kappa shape index (κ2) is 6.93. The zero-order chi connectivity index (χ0) is 19.1. The van der Waals surface area contributed by atoms with Crippen LogP contribution in [-0.2, 0) is 31.1 Å². The van der Waals surface area contributed by atoms with Gasteiger partial charge >= 0.3 is 0 Å². The van der Waals surface area contributed by atoms with E-state index in [0.29, 0.717) is 12.3 Å². The van der Waals surface area contributed by atoms with Crippen LogP contribution >= 0.6 is 0 Å². The average molecular weight is 375 g/mol. The van der Waals surface area contributed by atoms with Crippen molar-refractivity contribution in [3.63, 3.8) is 0 Å². The number of nitrogens with zero attached hydrogens (tertiary/aromatic N) is 4. The van der Waals surface area contributed by atoms with Crippen molar-refractivity contribution in [3.05, 3.63) is 53.3 Å². The summed E-state index contributed by atoms with van der Waals surface area (Å²) in [5.41, 5.74) is 4.77. The number of aryl methyl sites for hydroxylation is 3. The molecule has 6 heteroatoms. The summed E-state index contributed by atoms with van der Waals surface area (Å²) < 4.78 is 2.08. The van der Waals surface area contributed by atoms with Crippen LogP contribution in [-0.4, -0.2) is 40.3 Å². The fourth-order valence-electron chi connectivity index (χ4n) is 4.42. The molecule has 3 aromatic rings. The minimum atomic E-state index is 0.0899. The van der Waals surface area contributed by atoms with E-state index in [0.717, 1.165) is 54.8 Å². The molecule has 0 unspecified atom stereocenters. The maximum atomic E-state index is 12.4. The van der Waals surface area contributed by atoms with Gasteiger partial charge in [0.25, 0.3) is 0 Å². The molecule has 0 spiro atoms. The quantitative estimate of drug-likeness (QED) is 0.743. The number of nitrogens with one attached hydrogen (secondary N) is 1. The van der Waals surface area contributed by atoms with E-state index >= 15 is 0 Å². The number of fused-ring (bicyclic) bond motifs is 2. The molecular formula is C22H25N5O. The normalized spacial score (nSPS) is 16.2. The number of para-hydroxylation sites is 1. The smallest absolute Gasteiger partial charge is 0.224 e. The van der Waals surface area contributed by atoms with Gasteiger partial charge in [-0.25, -0.2) is 0 Å². The molecule has 3 heterocycles. The Bertz CT molecular complexity index is 1030. The Morgan fingerprint density at radius 2 is 2.07 bits per heavy atom. The number of carbonyl (C=O) groups is 1. The van der Waals surface area contributed by atoms with E-state index in [1.807, 2.05) is 19.2 Å². The van der Waals surface area contributed by atoms with Crippen LogP contribution in [0.4, 0.5) is 5.82 Å². The number of hydrogen-bond donors (Lipinski definition) is 1. The third kappa shape index (κ3) is 3.13.